The number of nitrogens with two attached hydrogens (primary N) is 1. The van der Waals surface area contributed by atoms with Crippen LogP contribution in [0.25, 0.3) is 11.6 Å². The topological polar surface area (TPSA) is 57.4 Å². The number of benzene rings is 1. The van der Waals surface area contributed by atoms with Crippen molar-refractivity contribution in [3.63, 3.8) is 0 Å². The zero-order chi connectivity index (χ0) is 15.0. The van der Waals surface area contributed by atoms with E-state index >= 15 is 0 Å². The van der Waals surface area contributed by atoms with E-state index in [1.165, 1.54) is 11.1 Å². The lowest BCUT2D eigenvalue weighted by molar-refractivity contribution is 0.396. The van der Waals surface area contributed by atoms with Gasteiger partial charge < -0.3 is 15.2 Å². The fraction of sp³-hybridized carbons (Fsp3) is 0.188. The van der Waals surface area contributed by atoms with Gasteiger partial charge in [0.2, 0.25) is 5.88 Å². The molecule has 0 radical (unpaired) electrons. The number of methoxy groups -OCH3 is 2. The molecule has 1 aromatic carbocycles. The van der Waals surface area contributed by atoms with Crippen molar-refractivity contribution in [2.24, 2.45) is 0 Å². The van der Waals surface area contributed by atoms with E-state index < -0.39 is 0 Å². The van der Waals surface area contributed by atoms with Gasteiger partial charge >= 0.3 is 0 Å². The van der Waals surface area contributed by atoms with Crippen molar-refractivity contribution < 1.29 is 9.47 Å². The van der Waals surface area contributed by atoms with Crippen molar-refractivity contribution in [1.82, 2.24) is 4.98 Å². The Balaban J connectivity index is 2.08. The number of hydrogen-bond acceptors (Lipinski definition) is 4. The molecule has 4 nitrogen and oxygen atoms in total. The maximum Gasteiger partial charge on any atom is 0.221 e. The first kappa shape index (κ1) is 14.2. The van der Waals surface area contributed by atoms with Gasteiger partial charge in [0.15, 0.2) is 0 Å². The molecule has 21 heavy (non-hydrogen) atoms. The second kappa shape index (κ2) is 5.55. The normalized spacial score (nSPS) is 12.8. The monoisotopic (exact) mass is 394 g/mol. The molecular formula is C16H15IN2O2. The molecule has 0 fully saturated rings. The Hall–Kier alpha value is -1.76. The summed E-state index contributed by atoms with van der Waals surface area (Å²) in [4.78, 5) is 4.30. The molecule has 0 saturated heterocycles. The summed E-state index contributed by atoms with van der Waals surface area (Å²) in [6, 6.07) is 5.94. The molecular weight excluding hydrogens is 379 g/mol. The smallest absolute Gasteiger partial charge is 0.221 e. The lowest BCUT2D eigenvalue weighted by atomic mass is 10.0. The molecule has 108 valence electrons. The SMILES string of the molecule is COc1cc2c(cc1N)CC(c1c(I)ccnc1OC)=C2. The minimum absolute atomic E-state index is 0.654. The number of fused-ring (bicyclic) bond motifs is 1. The number of nitrogens with zero attached hydrogens (tertiary/aromatic N) is 1. The van der Waals surface area contributed by atoms with E-state index in [0.29, 0.717) is 17.3 Å². The highest BCUT2D eigenvalue weighted by atomic mass is 127. The number of halogens is 1. The van der Waals surface area contributed by atoms with E-state index in [1.54, 1.807) is 20.4 Å². The summed E-state index contributed by atoms with van der Waals surface area (Å²) in [6.45, 7) is 0. The van der Waals surface area contributed by atoms with Crippen molar-refractivity contribution in [3.05, 3.63) is 44.7 Å². The Morgan fingerprint density at radius 3 is 2.76 bits per heavy atom. The van der Waals surface area contributed by atoms with Crippen LogP contribution < -0.4 is 15.2 Å². The number of pyridine rings is 1. The van der Waals surface area contributed by atoms with Gasteiger partial charge in [-0.2, -0.15) is 0 Å². The van der Waals surface area contributed by atoms with Crippen molar-refractivity contribution in [3.8, 4) is 11.6 Å². The van der Waals surface area contributed by atoms with Crippen LogP contribution in [0.1, 0.15) is 16.7 Å². The quantitative estimate of drug-likeness (QED) is 0.641. The van der Waals surface area contributed by atoms with E-state index in [2.05, 4.69) is 33.7 Å². The average molecular weight is 394 g/mol. The zero-order valence-electron chi connectivity index (χ0n) is 11.8. The minimum atomic E-state index is 0.654. The standard InChI is InChI=1S/C16H15IN2O2/c1-20-14-8-10-6-11(5-9(10)7-13(14)18)15-12(17)3-4-19-16(15)21-2/h3-4,6-8H,5,18H2,1-2H3. The third kappa shape index (κ3) is 2.46. The zero-order valence-corrected chi connectivity index (χ0v) is 14.0. The van der Waals surface area contributed by atoms with Crippen molar-refractivity contribution in [2.75, 3.05) is 20.0 Å². The lowest BCUT2D eigenvalue weighted by Crippen LogP contribution is -1.98. The molecule has 0 bridgehead atoms. The van der Waals surface area contributed by atoms with Gasteiger partial charge in [-0.15, -0.1) is 0 Å². The Bertz CT molecular complexity index is 741. The van der Waals surface area contributed by atoms with Gasteiger partial charge in [0.1, 0.15) is 5.75 Å². The van der Waals surface area contributed by atoms with Crippen LogP contribution in [0.4, 0.5) is 5.69 Å². The number of anilines is 1. The van der Waals surface area contributed by atoms with Crippen LogP contribution in [-0.4, -0.2) is 19.2 Å². The van der Waals surface area contributed by atoms with Gasteiger partial charge in [0.05, 0.1) is 25.5 Å². The summed E-state index contributed by atoms with van der Waals surface area (Å²) in [5.74, 6) is 1.36. The summed E-state index contributed by atoms with van der Waals surface area (Å²) in [7, 11) is 3.27. The molecule has 3 rings (SSSR count). The first-order valence-corrected chi connectivity index (χ1v) is 7.57. The van der Waals surface area contributed by atoms with E-state index in [1.807, 2.05) is 18.2 Å². The van der Waals surface area contributed by atoms with Gasteiger partial charge in [-0.05, 0) is 63.9 Å². The first-order valence-electron chi connectivity index (χ1n) is 6.50. The number of allylic oxidation sites excluding steroid dienone is 1. The molecule has 1 aliphatic carbocycles. The second-order valence-electron chi connectivity index (χ2n) is 4.82. The summed E-state index contributed by atoms with van der Waals surface area (Å²) in [5, 5.41) is 0. The predicted octanol–water partition coefficient (Wildman–Crippen LogP) is 3.38. The molecule has 5 heteroatoms. The maximum absolute atomic E-state index is 5.99. The summed E-state index contributed by atoms with van der Waals surface area (Å²) < 4.78 is 11.8. The van der Waals surface area contributed by atoms with Gasteiger partial charge in [0, 0.05) is 9.77 Å². The van der Waals surface area contributed by atoms with Crippen LogP contribution in [0.5, 0.6) is 11.6 Å². The number of ether oxygens (including phenoxy) is 2. The van der Waals surface area contributed by atoms with Crippen LogP contribution in [0.2, 0.25) is 0 Å². The van der Waals surface area contributed by atoms with E-state index in [-0.39, 0.29) is 0 Å². The Kier molecular flexibility index (Phi) is 3.75. The van der Waals surface area contributed by atoms with E-state index in [9.17, 15) is 0 Å². The third-order valence-electron chi connectivity index (χ3n) is 3.58. The van der Waals surface area contributed by atoms with Gasteiger partial charge in [0.25, 0.3) is 0 Å². The average Bonchev–Trinajstić information content (AvgIpc) is 2.87. The molecule has 1 aromatic heterocycles. The molecule has 0 atom stereocenters. The highest BCUT2D eigenvalue weighted by Crippen LogP contribution is 2.40. The number of aromatic nitrogens is 1. The molecule has 0 saturated carbocycles. The second-order valence-corrected chi connectivity index (χ2v) is 5.98. The first-order chi connectivity index (χ1) is 10.1. The Labute approximate surface area is 137 Å². The molecule has 2 aromatic rings. The summed E-state index contributed by atoms with van der Waals surface area (Å²) in [5.41, 5.74) is 11.2. The van der Waals surface area contributed by atoms with Crippen LogP contribution in [0.3, 0.4) is 0 Å². The van der Waals surface area contributed by atoms with Crippen molar-refractivity contribution in [1.29, 1.82) is 0 Å². The molecule has 0 amide bonds. The van der Waals surface area contributed by atoms with Gasteiger partial charge in [-0.3, -0.25) is 0 Å². The molecule has 1 aliphatic rings. The Morgan fingerprint density at radius 1 is 1.24 bits per heavy atom. The molecule has 2 N–H and O–H groups in total. The van der Waals surface area contributed by atoms with Crippen LogP contribution in [0.15, 0.2) is 24.4 Å². The molecule has 0 spiro atoms. The van der Waals surface area contributed by atoms with Crippen LogP contribution >= 0.6 is 22.6 Å². The summed E-state index contributed by atoms with van der Waals surface area (Å²) >= 11 is 2.31. The van der Waals surface area contributed by atoms with Crippen LogP contribution in [0, 0.1) is 3.57 Å². The number of rotatable bonds is 3. The Morgan fingerprint density at radius 2 is 2.05 bits per heavy atom. The third-order valence-corrected chi connectivity index (χ3v) is 4.48. The van der Waals surface area contributed by atoms with E-state index in [4.69, 9.17) is 15.2 Å². The molecule has 0 aliphatic heterocycles. The maximum atomic E-state index is 5.99. The summed E-state index contributed by atoms with van der Waals surface area (Å²) in [6.07, 6.45) is 4.73. The van der Waals surface area contributed by atoms with Gasteiger partial charge in [-0.1, -0.05) is 6.08 Å². The minimum Gasteiger partial charge on any atom is -0.495 e. The largest absolute Gasteiger partial charge is 0.495 e. The number of hydrogen-bond donors (Lipinski definition) is 1. The fourth-order valence-electron chi connectivity index (χ4n) is 2.59. The predicted molar refractivity (Wildman–Crippen MR) is 92.5 cm³/mol. The lowest BCUT2D eigenvalue weighted by Gasteiger charge is -2.10. The van der Waals surface area contributed by atoms with Crippen LogP contribution in [-0.2, 0) is 6.42 Å². The number of nitrogen functional groups attached to an aromatic ring is 1. The van der Waals surface area contributed by atoms with Gasteiger partial charge in [-0.25, -0.2) is 4.98 Å². The van der Waals surface area contributed by atoms with E-state index in [0.717, 1.165) is 21.1 Å². The van der Waals surface area contributed by atoms with Crippen molar-refractivity contribution in [2.45, 2.75) is 6.42 Å². The molecule has 0 unspecified atom stereocenters. The highest BCUT2D eigenvalue weighted by molar-refractivity contribution is 14.1. The fourth-order valence-corrected chi connectivity index (χ4v) is 3.33. The highest BCUT2D eigenvalue weighted by Gasteiger charge is 2.21. The van der Waals surface area contributed by atoms with Crippen molar-refractivity contribution >= 4 is 39.9 Å². The molecule has 1 heterocycles.